The molecule has 0 bridgehead atoms. The molecular formula is C90H126F3N19O27. The zero-order valence-electron chi connectivity index (χ0n) is 77.5. The molecule has 1 aromatic heterocycles. The first-order valence-corrected chi connectivity index (χ1v) is 45.8. The molecule has 5 heterocycles. The monoisotopic (exact) mass is 1960 g/mol. The van der Waals surface area contributed by atoms with E-state index in [1.54, 1.807) is 105 Å². The maximum atomic E-state index is 15.4. The molecule has 4 aromatic rings. The van der Waals surface area contributed by atoms with Gasteiger partial charge in [0.15, 0.2) is 0 Å². The van der Waals surface area contributed by atoms with Gasteiger partial charge in [0.2, 0.25) is 70.9 Å². The smallest absolute Gasteiger partial charge is 0.481 e. The van der Waals surface area contributed by atoms with Gasteiger partial charge in [-0.25, -0.2) is 9.59 Å². The number of alkyl halides is 3. The largest absolute Gasteiger partial charge is 0.490 e. The van der Waals surface area contributed by atoms with Gasteiger partial charge in [-0.05, 0) is 73.3 Å². The number of aliphatic carboxylic acids is 6. The lowest BCUT2D eigenvalue weighted by molar-refractivity contribution is -0.192. The number of amides is 14. The molecule has 8 atom stereocenters. The molecule has 0 spiro atoms. The average Bonchev–Trinajstić information content (AvgIpc) is 1.52. The summed E-state index contributed by atoms with van der Waals surface area (Å²) in [7, 11) is 1.31. The van der Waals surface area contributed by atoms with E-state index in [0.29, 0.717) is 59.1 Å². The summed E-state index contributed by atoms with van der Waals surface area (Å²) in [6.45, 7) is 1.01. The second kappa shape index (κ2) is 58.3. The molecular weight excluding hydrogens is 1840 g/mol. The van der Waals surface area contributed by atoms with Crippen LogP contribution in [0.25, 0.3) is 10.9 Å². The number of fused-ring (bicyclic) bond motifs is 2. The number of unbranched alkanes of at least 4 members (excludes halogenated alkanes) is 4. The second-order valence-electron chi connectivity index (χ2n) is 33.8. The Bertz CT molecular complexity index is 4810. The van der Waals surface area contributed by atoms with Crippen LogP contribution in [-0.4, -0.2) is 395 Å². The van der Waals surface area contributed by atoms with E-state index < -0.39 is 193 Å². The Morgan fingerprint density at radius 2 is 1.04 bits per heavy atom. The highest BCUT2D eigenvalue weighted by molar-refractivity contribution is 6.00. The highest BCUT2D eigenvalue weighted by Gasteiger charge is 2.42. The second-order valence-corrected chi connectivity index (χ2v) is 33.8. The maximum absolute atomic E-state index is 15.4. The Kier molecular flexibility index (Phi) is 47.1. The van der Waals surface area contributed by atoms with E-state index in [9.17, 15) is 111 Å². The number of hydrogen-bond acceptors (Lipinski definition) is 25. The molecule has 4 saturated heterocycles. The summed E-state index contributed by atoms with van der Waals surface area (Å²) in [5.41, 5.74) is 2.84. The van der Waals surface area contributed by atoms with Gasteiger partial charge in [-0.2, -0.15) is 13.2 Å². The normalized spacial score (nSPS) is 20.5. The molecule has 0 saturated carbocycles. The maximum Gasteiger partial charge on any atom is 0.490 e. The number of H-pyrrole nitrogens is 1. The van der Waals surface area contributed by atoms with Crippen molar-refractivity contribution in [1.82, 2.24) is 97.8 Å². The summed E-state index contributed by atoms with van der Waals surface area (Å²) in [5, 5.41) is 85.5. The fourth-order valence-corrected chi connectivity index (χ4v) is 15.8. The number of para-hydroxylation sites is 1. The molecule has 3 aromatic carbocycles. The topological polar surface area (TPSA) is 635 Å². The Hall–Kier alpha value is -13.5. The molecule has 139 heavy (non-hydrogen) atoms. The summed E-state index contributed by atoms with van der Waals surface area (Å²) < 4.78 is 42.8. The van der Waals surface area contributed by atoms with Crippen molar-refractivity contribution < 1.29 is 144 Å². The predicted octanol–water partition coefficient (Wildman–Crippen LogP) is -2.45. The minimum absolute atomic E-state index is 0.00147. The molecule has 4 aliphatic heterocycles. The number of aromatic nitrogens is 1. The van der Waals surface area contributed by atoms with Gasteiger partial charge in [0.25, 0.3) is 0 Å². The molecule has 4 aliphatic rings. The number of aromatic amines is 1. The number of carbonyl (C=O) groups excluding carboxylic acids is 13. The van der Waals surface area contributed by atoms with Crippen molar-refractivity contribution in [3.8, 4) is 0 Å². The zero-order valence-corrected chi connectivity index (χ0v) is 77.5. The van der Waals surface area contributed by atoms with Crippen LogP contribution in [0.4, 0.5) is 18.0 Å². The van der Waals surface area contributed by atoms with Gasteiger partial charge >= 0.3 is 48.0 Å². The number of carboxylic acid groups (broad SMARTS) is 6. The lowest BCUT2D eigenvalue weighted by Gasteiger charge is -2.33. The van der Waals surface area contributed by atoms with Crippen LogP contribution in [0.5, 0.6) is 0 Å². The first kappa shape index (κ1) is 112. The third-order valence-electron chi connectivity index (χ3n) is 23.4. The number of urea groups is 1. The van der Waals surface area contributed by atoms with Crippen LogP contribution >= 0.6 is 0 Å². The van der Waals surface area contributed by atoms with Gasteiger partial charge in [0, 0.05) is 141 Å². The molecule has 4 fully saturated rings. The highest BCUT2D eigenvalue weighted by Crippen LogP contribution is 2.24. The summed E-state index contributed by atoms with van der Waals surface area (Å²) >= 11 is 0. The zero-order chi connectivity index (χ0) is 102. The third kappa shape index (κ3) is 40.2. The highest BCUT2D eigenvalue weighted by atomic mass is 19.4. The number of ether oxygens (including phenoxy) is 2. The van der Waals surface area contributed by atoms with Gasteiger partial charge in [0.05, 0.1) is 65.5 Å². The van der Waals surface area contributed by atoms with Crippen molar-refractivity contribution in [3.05, 3.63) is 107 Å². The molecule has 49 heteroatoms. The SMILES string of the molecule is CCCCCC[C@@H]1NC(=O)[C@H](Cc2ccc(CNC(=O)COCCOCCNC(=O)CCC(C(=O)O)N3CCN(CC(=O)O)CCN(CC(=O)O)CC3)cc2)NC(=O)[C@H](Cc2ccccc2)N(C)C(=O)CNC(=O)CNC(=O)[C@H]2CCCN2C(=O)[C@H](CC(=O)O)NC(=O)[C@H](CCCCNC(=O)N2CCN(CC(=O)O)CC2)NC(=O)CNC(=O)[C@H](Cc2c[nH]c3ccccc23)NC1=O.O=C(O)C(F)(F)F. The standard InChI is InChI=1S/C88H125N19O25.C2HF3O2/c1-3-4-5-9-19-64-82(123)98-66(46-60-49-91-62-18-11-10-17-61(60)62)80(121)94-51-73(110)96-63(20-12-13-28-90-88(130)106-39-35-104(36-40-106)55-79(119)120)81(122)100-67(47-76(113)114)86(127)107-30-14-21-68(107)84(125)95-50-72(109)93-52-75(112)101(2)70(45-57-15-7-6-8-16-57)85(126)99-65(83(124)97-64)44-58-22-24-59(25-23-58)48-92-74(111)56-132-43-42-131-41-29-89-71(108)27-26-69(87(128)129)105-37-33-102(53-77(115)116)31-32-103(34-38-105)54-78(117)118;3-2(4,5)1(6)7/h6-8,10-11,15-18,22-25,49,63-70,91H,3-5,9,12-14,19-21,26-48,50-56H2,1-2H3,(H,89,108)(H,90,130)(H,92,111)(H,93,109)(H,94,121)(H,95,125)(H,96,110)(H,97,124)(H,98,123)(H,99,126)(H,100,122)(H,113,114)(H,115,116)(H,117,118)(H,119,120)(H,128,129);(H,6,7)/t63-,64-,65-,66-,67-,68+,69?,70-;/m0./s1. The first-order chi connectivity index (χ1) is 66.2. The number of carbonyl (C=O) groups is 19. The van der Waals surface area contributed by atoms with Crippen molar-refractivity contribution in [2.45, 2.75) is 171 Å². The number of rotatable bonds is 39. The number of halogens is 3. The molecule has 8 rings (SSSR count). The minimum Gasteiger partial charge on any atom is -0.481 e. The van der Waals surface area contributed by atoms with E-state index >= 15 is 14.4 Å². The van der Waals surface area contributed by atoms with Crippen molar-refractivity contribution in [3.63, 3.8) is 0 Å². The van der Waals surface area contributed by atoms with E-state index in [1.807, 2.05) is 6.92 Å². The molecule has 14 amide bonds. The van der Waals surface area contributed by atoms with Gasteiger partial charge in [0.1, 0.15) is 54.9 Å². The van der Waals surface area contributed by atoms with Gasteiger partial charge in [-0.3, -0.25) is 101 Å². The van der Waals surface area contributed by atoms with Crippen LogP contribution in [0.15, 0.2) is 85.1 Å². The van der Waals surface area contributed by atoms with E-state index in [-0.39, 0.29) is 195 Å². The van der Waals surface area contributed by atoms with Crippen LogP contribution in [0.1, 0.15) is 113 Å². The fraction of sp³-hybridized carbons (Fsp3) is 0.567. The van der Waals surface area contributed by atoms with E-state index in [4.69, 9.17) is 19.4 Å². The number of nitrogens with zero attached hydrogens (tertiary/aromatic N) is 7. The van der Waals surface area contributed by atoms with Crippen LogP contribution in [0.2, 0.25) is 0 Å². The predicted molar refractivity (Wildman–Crippen MR) is 487 cm³/mol. The van der Waals surface area contributed by atoms with E-state index in [1.165, 1.54) is 11.9 Å². The Morgan fingerprint density at radius 1 is 0.496 bits per heavy atom. The summed E-state index contributed by atoms with van der Waals surface area (Å²) in [5.74, 6) is -18.6. The fourth-order valence-electron chi connectivity index (χ4n) is 15.8. The Labute approximate surface area is 798 Å². The van der Waals surface area contributed by atoms with Crippen LogP contribution in [-0.2, 0) is 122 Å². The molecule has 0 radical (unpaired) electrons. The quantitative estimate of drug-likeness (QED) is 0.0206. The Morgan fingerprint density at radius 3 is 1.65 bits per heavy atom. The minimum atomic E-state index is -5.08. The molecule has 764 valence electrons. The number of hydrogen-bond donors (Lipinski definition) is 18. The summed E-state index contributed by atoms with van der Waals surface area (Å²) in [6.07, 6.45) is -2.41. The number of nitrogens with one attached hydrogen (secondary N) is 12. The van der Waals surface area contributed by atoms with Gasteiger partial charge in [-0.1, -0.05) is 105 Å². The molecule has 1 unspecified atom stereocenters. The molecule has 0 aliphatic carbocycles. The van der Waals surface area contributed by atoms with E-state index in [0.717, 1.165) is 22.6 Å². The van der Waals surface area contributed by atoms with Crippen LogP contribution in [0, 0.1) is 0 Å². The number of benzene rings is 3. The first-order valence-electron chi connectivity index (χ1n) is 45.8. The number of carboxylic acids is 6. The van der Waals surface area contributed by atoms with Crippen LogP contribution < -0.4 is 58.5 Å². The van der Waals surface area contributed by atoms with E-state index in [2.05, 4.69) is 63.5 Å². The van der Waals surface area contributed by atoms with Crippen molar-refractivity contribution in [2.75, 3.05) is 158 Å². The average molecular weight is 1960 g/mol. The van der Waals surface area contributed by atoms with Gasteiger partial charge < -0.3 is 118 Å². The lowest BCUT2D eigenvalue weighted by Crippen LogP contribution is -2.60. The lowest BCUT2D eigenvalue weighted by atomic mass is 9.99. The van der Waals surface area contributed by atoms with Crippen molar-refractivity contribution >= 4 is 124 Å². The Balaban J connectivity index is 0.00000361. The number of piperazine rings is 1. The van der Waals surface area contributed by atoms with Crippen LogP contribution in [0.3, 0.4) is 0 Å². The van der Waals surface area contributed by atoms with Crippen molar-refractivity contribution in [1.29, 1.82) is 0 Å². The summed E-state index contributed by atoms with van der Waals surface area (Å²) in [6, 6.07) is 10.3. The van der Waals surface area contributed by atoms with Crippen molar-refractivity contribution in [2.24, 2.45) is 0 Å². The molecule has 46 nitrogen and oxygen atoms in total. The van der Waals surface area contributed by atoms with Gasteiger partial charge in [-0.15, -0.1) is 0 Å². The third-order valence-corrected chi connectivity index (χ3v) is 23.4. The number of likely N-dealkylation sites (N-methyl/N-ethyl adjacent to an activating group) is 1. The summed E-state index contributed by atoms with van der Waals surface area (Å²) in [4.78, 5) is 267. The molecule has 18 N–H and O–H groups in total.